The summed E-state index contributed by atoms with van der Waals surface area (Å²) in [5, 5.41) is 0. The second-order valence-corrected chi connectivity index (χ2v) is 7.54. The van der Waals surface area contributed by atoms with Gasteiger partial charge in [0.1, 0.15) is 5.82 Å². The summed E-state index contributed by atoms with van der Waals surface area (Å²) >= 11 is 0. The molecule has 2 aliphatic heterocycles. The molecule has 2 fully saturated rings. The number of piperidine rings is 1. The van der Waals surface area contributed by atoms with Gasteiger partial charge in [-0.3, -0.25) is 14.5 Å². The molecule has 142 valence electrons. The van der Waals surface area contributed by atoms with Crippen LogP contribution in [0.4, 0.5) is 5.82 Å². The second-order valence-electron chi connectivity index (χ2n) is 7.54. The third-order valence-electron chi connectivity index (χ3n) is 5.53. The van der Waals surface area contributed by atoms with E-state index in [1.165, 1.54) is 0 Å². The first-order chi connectivity index (χ1) is 12.5. The van der Waals surface area contributed by atoms with Crippen LogP contribution in [0.2, 0.25) is 0 Å². The molecule has 0 aromatic carbocycles. The Kier molecular flexibility index (Phi) is 5.76. The SMILES string of the molecule is CN(C)c1cc(C2CCCN2C(=O)CN2CCC(C(N)=O)CC2)ccn1. The number of likely N-dealkylation sites (tertiary alicyclic amines) is 2. The van der Waals surface area contributed by atoms with Gasteiger partial charge >= 0.3 is 0 Å². The van der Waals surface area contributed by atoms with Gasteiger partial charge in [0.05, 0.1) is 12.6 Å². The molecule has 0 bridgehead atoms. The summed E-state index contributed by atoms with van der Waals surface area (Å²) in [7, 11) is 3.94. The molecule has 3 rings (SSSR count). The van der Waals surface area contributed by atoms with Gasteiger partial charge in [-0.2, -0.15) is 0 Å². The Morgan fingerprint density at radius 2 is 1.96 bits per heavy atom. The zero-order valence-corrected chi connectivity index (χ0v) is 15.7. The van der Waals surface area contributed by atoms with Crippen LogP contribution in [0.5, 0.6) is 0 Å². The Balaban J connectivity index is 1.62. The first-order valence-corrected chi connectivity index (χ1v) is 9.40. The molecule has 2 aliphatic rings. The van der Waals surface area contributed by atoms with Crippen molar-refractivity contribution in [2.24, 2.45) is 11.7 Å². The van der Waals surface area contributed by atoms with E-state index in [9.17, 15) is 9.59 Å². The molecule has 0 aliphatic carbocycles. The summed E-state index contributed by atoms with van der Waals surface area (Å²) in [4.78, 5) is 34.7. The molecule has 1 aromatic rings. The van der Waals surface area contributed by atoms with Crippen LogP contribution in [0.15, 0.2) is 18.3 Å². The number of hydrogen-bond donors (Lipinski definition) is 1. The zero-order valence-electron chi connectivity index (χ0n) is 15.7. The Labute approximate surface area is 155 Å². The van der Waals surface area contributed by atoms with E-state index >= 15 is 0 Å². The normalized spacial score (nSPS) is 21.8. The summed E-state index contributed by atoms with van der Waals surface area (Å²) in [6, 6.07) is 4.23. The molecule has 2 saturated heterocycles. The van der Waals surface area contributed by atoms with Gasteiger partial charge in [-0.1, -0.05) is 0 Å². The molecule has 0 spiro atoms. The van der Waals surface area contributed by atoms with E-state index < -0.39 is 0 Å². The predicted octanol–water partition coefficient (Wildman–Crippen LogP) is 1.01. The number of carbonyl (C=O) groups excluding carboxylic acids is 2. The van der Waals surface area contributed by atoms with E-state index in [2.05, 4.69) is 16.0 Å². The highest BCUT2D eigenvalue weighted by Gasteiger charge is 2.32. The number of pyridine rings is 1. The van der Waals surface area contributed by atoms with Crippen LogP contribution in [0.3, 0.4) is 0 Å². The molecule has 0 radical (unpaired) electrons. The van der Waals surface area contributed by atoms with Crippen LogP contribution in [0.1, 0.15) is 37.3 Å². The Hall–Kier alpha value is -2.15. The lowest BCUT2D eigenvalue weighted by Gasteiger charge is -2.33. The topological polar surface area (TPSA) is 82.8 Å². The summed E-state index contributed by atoms with van der Waals surface area (Å²) < 4.78 is 0. The molecule has 0 saturated carbocycles. The standard InChI is InChI=1S/C19H29N5O2/c1-22(2)17-12-15(5-8-21-17)16-4-3-9-24(16)18(25)13-23-10-6-14(7-11-23)19(20)26/h5,8,12,14,16H,3-4,6-7,9-11,13H2,1-2H3,(H2,20,26). The Bertz CT molecular complexity index is 655. The molecule has 1 aromatic heterocycles. The largest absolute Gasteiger partial charge is 0.369 e. The number of rotatable bonds is 5. The minimum atomic E-state index is -0.218. The minimum Gasteiger partial charge on any atom is -0.369 e. The minimum absolute atomic E-state index is 0.0397. The molecule has 26 heavy (non-hydrogen) atoms. The third kappa shape index (κ3) is 4.15. The number of amides is 2. The van der Waals surface area contributed by atoms with Crippen molar-refractivity contribution in [3.8, 4) is 0 Å². The van der Waals surface area contributed by atoms with E-state index in [0.717, 1.165) is 56.7 Å². The molecule has 7 heteroatoms. The van der Waals surface area contributed by atoms with Gasteiger partial charge in [-0.15, -0.1) is 0 Å². The molecule has 1 unspecified atom stereocenters. The van der Waals surface area contributed by atoms with Gasteiger partial charge in [0, 0.05) is 32.8 Å². The highest BCUT2D eigenvalue weighted by Crippen LogP contribution is 2.33. The quantitative estimate of drug-likeness (QED) is 0.848. The van der Waals surface area contributed by atoms with Crippen LogP contribution in [-0.4, -0.2) is 66.9 Å². The fourth-order valence-corrected chi connectivity index (χ4v) is 3.96. The monoisotopic (exact) mass is 359 g/mol. The maximum absolute atomic E-state index is 12.9. The number of hydrogen-bond acceptors (Lipinski definition) is 5. The van der Waals surface area contributed by atoms with Crippen LogP contribution in [0, 0.1) is 5.92 Å². The van der Waals surface area contributed by atoms with E-state index in [-0.39, 0.29) is 23.8 Å². The fraction of sp³-hybridized carbons (Fsp3) is 0.632. The van der Waals surface area contributed by atoms with Crippen LogP contribution in [0.25, 0.3) is 0 Å². The Morgan fingerprint density at radius 1 is 1.23 bits per heavy atom. The van der Waals surface area contributed by atoms with E-state index in [1.807, 2.05) is 36.2 Å². The fourth-order valence-electron chi connectivity index (χ4n) is 3.96. The number of anilines is 1. The van der Waals surface area contributed by atoms with E-state index in [1.54, 1.807) is 0 Å². The third-order valence-corrected chi connectivity index (χ3v) is 5.53. The maximum atomic E-state index is 12.9. The number of primary amides is 1. The molecule has 2 N–H and O–H groups in total. The summed E-state index contributed by atoms with van der Waals surface area (Å²) in [6.45, 7) is 2.75. The van der Waals surface area contributed by atoms with Crippen molar-refractivity contribution in [3.05, 3.63) is 23.9 Å². The zero-order chi connectivity index (χ0) is 18.7. The van der Waals surface area contributed by atoms with Crippen molar-refractivity contribution in [1.82, 2.24) is 14.8 Å². The summed E-state index contributed by atoms with van der Waals surface area (Å²) in [6.07, 6.45) is 5.34. The average molecular weight is 359 g/mol. The van der Waals surface area contributed by atoms with E-state index in [4.69, 9.17) is 5.73 Å². The van der Waals surface area contributed by atoms with E-state index in [0.29, 0.717) is 6.54 Å². The van der Waals surface area contributed by atoms with Gasteiger partial charge in [-0.05, 0) is 56.5 Å². The lowest BCUT2D eigenvalue weighted by atomic mass is 9.96. The molecular formula is C19H29N5O2. The molecule has 3 heterocycles. The highest BCUT2D eigenvalue weighted by atomic mass is 16.2. The number of carbonyl (C=O) groups is 2. The van der Waals surface area contributed by atoms with Gasteiger partial charge < -0.3 is 15.5 Å². The molecule has 1 atom stereocenters. The van der Waals surface area contributed by atoms with Crippen LogP contribution in [-0.2, 0) is 9.59 Å². The van der Waals surface area contributed by atoms with Gasteiger partial charge in [0.2, 0.25) is 11.8 Å². The first-order valence-electron chi connectivity index (χ1n) is 9.40. The van der Waals surface area contributed by atoms with Crippen molar-refractivity contribution in [2.75, 3.05) is 45.2 Å². The van der Waals surface area contributed by atoms with Crippen molar-refractivity contribution >= 4 is 17.6 Å². The van der Waals surface area contributed by atoms with Crippen molar-refractivity contribution < 1.29 is 9.59 Å². The lowest BCUT2D eigenvalue weighted by Crippen LogP contribution is -2.44. The van der Waals surface area contributed by atoms with Crippen molar-refractivity contribution in [2.45, 2.75) is 31.7 Å². The van der Waals surface area contributed by atoms with Gasteiger partial charge in [0.25, 0.3) is 0 Å². The van der Waals surface area contributed by atoms with Crippen molar-refractivity contribution in [3.63, 3.8) is 0 Å². The Morgan fingerprint density at radius 3 is 2.62 bits per heavy atom. The number of nitrogens with two attached hydrogens (primary N) is 1. The smallest absolute Gasteiger partial charge is 0.237 e. The number of nitrogens with zero attached hydrogens (tertiary/aromatic N) is 4. The molecular weight excluding hydrogens is 330 g/mol. The second kappa shape index (κ2) is 8.03. The average Bonchev–Trinajstić information content (AvgIpc) is 3.12. The maximum Gasteiger partial charge on any atom is 0.237 e. The van der Waals surface area contributed by atoms with Crippen LogP contribution < -0.4 is 10.6 Å². The summed E-state index contributed by atoms with van der Waals surface area (Å²) in [5.41, 5.74) is 6.54. The predicted molar refractivity (Wildman–Crippen MR) is 101 cm³/mol. The molecule has 7 nitrogen and oxygen atoms in total. The van der Waals surface area contributed by atoms with Crippen molar-refractivity contribution in [1.29, 1.82) is 0 Å². The number of aromatic nitrogens is 1. The lowest BCUT2D eigenvalue weighted by molar-refractivity contribution is -0.133. The van der Waals surface area contributed by atoms with Gasteiger partial charge in [0.15, 0.2) is 0 Å². The van der Waals surface area contributed by atoms with Crippen LogP contribution >= 0.6 is 0 Å². The molecule has 2 amide bonds. The summed E-state index contributed by atoms with van der Waals surface area (Å²) in [5.74, 6) is 0.829. The first kappa shape index (κ1) is 18.6. The highest BCUT2D eigenvalue weighted by molar-refractivity contribution is 5.79. The van der Waals surface area contributed by atoms with Gasteiger partial charge in [-0.25, -0.2) is 4.98 Å².